The number of carbonyl (C=O) groups excluding carboxylic acids is 2. The first kappa shape index (κ1) is 11.7. The second kappa shape index (κ2) is 6.19. The smallest absolute Gasteiger partial charge is 0.332 e. The van der Waals surface area contributed by atoms with E-state index in [1.807, 2.05) is 29.7 Å². The number of hydroxylamine groups is 1. The van der Waals surface area contributed by atoms with Gasteiger partial charge >= 0.3 is 5.97 Å². The SMILES string of the molecule is O=CNOC(=O)CCc1ccc(Br)cc1. The molecule has 0 fully saturated rings. The molecule has 0 radical (unpaired) electrons. The van der Waals surface area contributed by atoms with Gasteiger partial charge in [-0.3, -0.25) is 4.79 Å². The molecule has 1 aromatic rings. The Kier molecular flexibility index (Phi) is 4.83. The molecule has 0 unspecified atom stereocenters. The molecule has 4 nitrogen and oxygen atoms in total. The van der Waals surface area contributed by atoms with Gasteiger partial charge in [0.1, 0.15) is 0 Å². The lowest BCUT2D eigenvalue weighted by Gasteiger charge is -2.01. The Morgan fingerprint density at radius 2 is 2.07 bits per heavy atom. The van der Waals surface area contributed by atoms with E-state index in [1.54, 1.807) is 0 Å². The lowest BCUT2D eigenvalue weighted by atomic mass is 10.1. The molecule has 80 valence electrons. The third-order valence-electron chi connectivity index (χ3n) is 1.75. The van der Waals surface area contributed by atoms with Gasteiger partial charge in [-0.05, 0) is 24.1 Å². The first-order valence-corrected chi connectivity index (χ1v) is 5.15. The molecular weight excluding hydrogens is 262 g/mol. The predicted octanol–water partition coefficient (Wildman–Crippen LogP) is 1.59. The standard InChI is InChI=1S/C10H10BrNO3/c11-9-4-1-8(2-5-9)3-6-10(14)15-12-7-13/h1-2,4-5,7H,3,6H2,(H,12,13). The predicted molar refractivity (Wildman–Crippen MR) is 57.8 cm³/mol. The number of hydrogen-bond acceptors (Lipinski definition) is 3. The van der Waals surface area contributed by atoms with Crippen molar-refractivity contribution in [3.63, 3.8) is 0 Å². The Morgan fingerprint density at radius 1 is 1.40 bits per heavy atom. The van der Waals surface area contributed by atoms with Crippen LogP contribution in [0.15, 0.2) is 28.7 Å². The topological polar surface area (TPSA) is 55.4 Å². The maximum atomic E-state index is 11.0. The van der Waals surface area contributed by atoms with E-state index >= 15 is 0 Å². The van der Waals surface area contributed by atoms with Crippen molar-refractivity contribution in [2.24, 2.45) is 0 Å². The van der Waals surface area contributed by atoms with E-state index in [0.29, 0.717) is 12.8 Å². The van der Waals surface area contributed by atoms with Crippen molar-refractivity contribution in [3.05, 3.63) is 34.3 Å². The number of rotatable bonds is 5. The summed E-state index contributed by atoms with van der Waals surface area (Å²) < 4.78 is 0.997. The summed E-state index contributed by atoms with van der Waals surface area (Å²) in [4.78, 5) is 25.2. The van der Waals surface area contributed by atoms with E-state index in [1.165, 1.54) is 0 Å². The molecule has 1 N–H and O–H groups in total. The minimum Gasteiger partial charge on any atom is -0.341 e. The fourth-order valence-electron chi connectivity index (χ4n) is 1.04. The number of carbonyl (C=O) groups is 2. The van der Waals surface area contributed by atoms with Gasteiger partial charge in [0.05, 0.1) is 6.42 Å². The summed E-state index contributed by atoms with van der Waals surface area (Å²) in [6.07, 6.45) is 1.15. The molecule has 15 heavy (non-hydrogen) atoms. The summed E-state index contributed by atoms with van der Waals surface area (Å²) in [6.45, 7) is 0. The van der Waals surface area contributed by atoms with Crippen LogP contribution in [0.2, 0.25) is 0 Å². The highest BCUT2D eigenvalue weighted by Crippen LogP contribution is 2.11. The normalized spacial score (nSPS) is 9.40. The first-order valence-electron chi connectivity index (χ1n) is 4.35. The van der Waals surface area contributed by atoms with Crippen molar-refractivity contribution in [2.75, 3.05) is 0 Å². The molecule has 0 atom stereocenters. The quantitative estimate of drug-likeness (QED) is 0.654. The third kappa shape index (κ3) is 4.60. The van der Waals surface area contributed by atoms with E-state index in [9.17, 15) is 9.59 Å². The molecule has 0 saturated heterocycles. The second-order valence-corrected chi connectivity index (χ2v) is 3.75. The van der Waals surface area contributed by atoms with E-state index in [0.717, 1.165) is 10.0 Å². The Hall–Kier alpha value is -1.36. The number of halogens is 1. The largest absolute Gasteiger partial charge is 0.341 e. The Bertz CT molecular complexity index is 337. The number of nitrogens with one attached hydrogen (secondary N) is 1. The van der Waals surface area contributed by atoms with Crippen LogP contribution in [0.4, 0.5) is 0 Å². The summed E-state index contributed by atoms with van der Waals surface area (Å²) >= 11 is 3.32. The number of hydrogen-bond donors (Lipinski definition) is 1. The molecule has 0 bridgehead atoms. The summed E-state index contributed by atoms with van der Waals surface area (Å²) in [7, 11) is 0. The first-order chi connectivity index (χ1) is 7.22. The fraction of sp³-hybridized carbons (Fsp3) is 0.200. The fourth-order valence-corrected chi connectivity index (χ4v) is 1.30. The molecule has 0 aliphatic carbocycles. The van der Waals surface area contributed by atoms with Crippen molar-refractivity contribution >= 4 is 28.3 Å². The number of aryl methyl sites for hydroxylation is 1. The zero-order valence-corrected chi connectivity index (χ0v) is 9.49. The number of benzene rings is 1. The van der Waals surface area contributed by atoms with Crippen LogP contribution < -0.4 is 5.48 Å². The molecule has 1 rings (SSSR count). The van der Waals surface area contributed by atoms with Gasteiger partial charge in [0.25, 0.3) is 0 Å². The molecule has 0 aliphatic heterocycles. The van der Waals surface area contributed by atoms with Gasteiger partial charge < -0.3 is 4.84 Å². The Balaban J connectivity index is 2.33. The van der Waals surface area contributed by atoms with Crippen LogP contribution in [0, 0.1) is 0 Å². The molecule has 0 heterocycles. The van der Waals surface area contributed by atoms with Gasteiger partial charge in [-0.15, -0.1) is 0 Å². The zero-order valence-electron chi connectivity index (χ0n) is 7.90. The third-order valence-corrected chi connectivity index (χ3v) is 2.28. The van der Waals surface area contributed by atoms with Gasteiger partial charge in [-0.1, -0.05) is 28.1 Å². The molecule has 0 spiro atoms. The Labute approximate surface area is 95.7 Å². The highest BCUT2D eigenvalue weighted by atomic mass is 79.9. The lowest BCUT2D eigenvalue weighted by Crippen LogP contribution is -2.18. The molecule has 5 heteroatoms. The second-order valence-electron chi connectivity index (χ2n) is 2.84. The minimum absolute atomic E-state index is 0.239. The van der Waals surface area contributed by atoms with Crippen LogP contribution in [0.25, 0.3) is 0 Å². The maximum Gasteiger partial charge on any atom is 0.332 e. The summed E-state index contributed by atoms with van der Waals surface area (Å²) in [5.74, 6) is -0.454. The van der Waals surface area contributed by atoms with Crippen LogP contribution in [0.1, 0.15) is 12.0 Å². The summed E-state index contributed by atoms with van der Waals surface area (Å²) in [5.41, 5.74) is 2.90. The molecule has 1 aromatic carbocycles. The molecular formula is C10H10BrNO3. The highest BCUT2D eigenvalue weighted by molar-refractivity contribution is 9.10. The highest BCUT2D eigenvalue weighted by Gasteiger charge is 2.03. The van der Waals surface area contributed by atoms with Crippen LogP contribution in [0.3, 0.4) is 0 Å². The van der Waals surface area contributed by atoms with Crippen LogP contribution in [0.5, 0.6) is 0 Å². The van der Waals surface area contributed by atoms with Crippen molar-refractivity contribution in [2.45, 2.75) is 12.8 Å². The van der Waals surface area contributed by atoms with Crippen molar-refractivity contribution in [3.8, 4) is 0 Å². The van der Waals surface area contributed by atoms with Gasteiger partial charge in [-0.25, -0.2) is 4.79 Å². The van der Waals surface area contributed by atoms with Crippen LogP contribution in [-0.4, -0.2) is 12.4 Å². The van der Waals surface area contributed by atoms with E-state index in [4.69, 9.17) is 0 Å². The number of amides is 1. The summed E-state index contributed by atoms with van der Waals surface area (Å²) in [6, 6.07) is 7.66. The van der Waals surface area contributed by atoms with Crippen molar-refractivity contribution < 1.29 is 14.4 Å². The minimum atomic E-state index is -0.454. The lowest BCUT2D eigenvalue weighted by molar-refractivity contribution is -0.154. The zero-order chi connectivity index (χ0) is 11.1. The molecule has 0 aliphatic rings. The summed E-state index contributed by atoms with van der Waals surface area (Å²) in [5, 5.41) is 0. The van der Waals surface area contributed by atoms with Gasteiger partial charge in [0.15, 0.2) is 0 Å². The molecule has 1 amide bonds. The van der Waals surface area contributed by atoms with Gasteiger partial charge in [-0.2, -0.15) is 5.48 Å². The average Bonchev–Trinajstić information content (AvgIpc) is 2.25. The van der Waals surface area contributed by atoms with E-state index < -0.39 is 5.97 Å². The Morgan fingerprint density at radius 3 is 2.67 bits per heavy atom. The monoisotopic (exact) mass is 271 g/mol. The van der Waals surface area contributed by atoms with Crippen molar-refractivity contribution in [1.29, 1.82) is 0 Å². The molecule has 0 aromatic heterocycles. The average molecular weight is 272 g/mol. The van der Waals surface area contributed by atoms with E-state index in [-0.39, 0.29) is 6.42 Å². The van der Waals surface area contributed by atoms with Crippen LogP contribution in [-0.2, 0) is 20.8 Å². The van der Waals surface area contributed by atoms with Crippen LogP contribution >= 0.6 is 15.9 Å². The van der Waals surface area contributed by atoms with E-state index in [2.05, 4.69) is 20.8 Å². The van der Waals surface area contributed by atoms with Gasteiger partial charge in [0, 0.05) is 4.47 Å². The molecule has 0 saturated carbocycles. The van der Waals surface area contributed by atoms with Crippen molar-refractivity contribution in [1.82, 2.24) is 5.48 Å². The maximum absolute atomic E-state index is 11.0. The van der Waals surface area contributed by atoms with Gasteiger partial charge in [0.2, 0.25) is 6.41 Å².